The Morgan fingerprint density at radius 1 is 0.602 bits per heavy atom. The third-order valence-corrected chi connectivity index (χ3v) is 22.5. The van der Waals surface area contributed by atoms with Gasteiger partial charge in [0.15, 0.2) is 25.2 Å². The lowest BCUT2D eigenvalue weighted by molar-refractivity contribution is -0.364. The highest BCUT2D eigenvalue weighted by Crippen LogP contribution is 2.75. The predicted molar refractivity (Wildman–Crippen MR) is 282 cm³/mol. The van der Waals surface area contributed by atoms with Gasteiger partial charge in [-0.3, -0.25) is 4.79 Å². The molecule has 5 aliphatic heterocycles. The van der Waals surface area contributed by atoms with E-state index in [0.717, 1.165) is 31.3 Å². The van der Waals surface area contributed by atoms with E-state index in [1.807, 2.05) is 0 Å². The molecule has 5 heterocycles. The van der Waals surface area contributed by atoms with Gasteiger partial charge in [-0.25, -0.2) is 0 Å². The van der Waals surface area contributed by atoms with Gasteiger partial charge in [-0.05, 0) is 112 Å². The summed E-state index contributed by atoms with van der Waals surface area (Å²) in [5.74, 6) is -0.574. The van der Waals surface area contributed by atoms with Crippen LogP contribution in [0.5, 0.6) is 0 Å². The van der Waals surface area contributed by atoms with Crippen LogP contribution in [-0.2, 0) is 52.2 Å². The third kappa shape index (κ3) is 10.7. The first-order chi connectivity index (χ1) is 38.9. The Balaban J connectivity index is 0.815. The van der Waals surface area contributed by atoms with Crippen molar-refractivity contribution in [3.8, 4) is 0 Å². The quantitative estimate of drug-likeness (QED) is 0.0572. The lowest BCUT2D eigenvalue weighted by atomic mass is 9.34. The molecular formula is C58H92O25. The van der Waals surface area contributed by atoms with Gasteiger partial charge in [0.2, 0.25) is 6.29 Å². The summed E-state index contributed by atoms with van der Waals surface area (Å²) in [5.41, 5.74) is -0.119. The molecule has 83 heavy (non-hydrogen) atoms. The smallest absolute Gasteiger partial charge is 0.315 e. The largest absolute Gasteiger partial charge is 0.432 e. The SMILES string of the molecule is C=C1CC[C@]2(C(=O)O[C@@H]3O[C@H](CO[C@@H]4O[C@H](CO)[C@@H](O[C@@H]5O[C@@H](C)[C@H](O)[C@@H](O)[C@H]5O)[C@H](O)[C@H]4O)[C@@H](O)[C@H](O)[C@H]3O)CC[C@]3(C)C(=CCC4[C@@]5(C)CC[C@H](O[C@@H]6OC[C@H](O)[C@H](O)[C@H]6O[C@@H]6O[C@@H](C)[C@H](O)[C@@H](O)[C@H]6O)C(C)(C)C5CC[C@]43C)[C@@H]2C1. The van der Waals surface area contributed by atoms with Gasteiger partial charge < -0.3 is 119 Å². The van der Waals surface area contributed by atoms with Crippen molar-refractivity contribution in [1.29, 1.82) is 0 Å². The fraction of sp³-hybridized carbons (Fsp3) is 0.914. The number of aliphatic hydroxyl groups is 14. The summed E-state index contributed by atoms with van der Waals surface area (Å²) in [6.45, 7) is 17.2. The van der Waals surface area contributed by atoms with Crippen LogP contribution < -0.4 is 0 Å². The standard InChI is InChI=1S/C58H92O25/c1-23-11-16-58(53(73)83-51-44(71)40(67)37(64)30(79-51)22-75-48-45(72)41(68)46(29(20-59)78-48)81-49-42(69)38(65)34(61)24(2)76-49)18-17-56(7)26(27(58)19-23)9-10-32-55(6)14-13-33(54(4,5)31(55)12-15-57(32,56)8)80-52-47(36(63)28(60)21-74-52)82-50-43(70)39(66)35(62)25(3)77-50/h9,24-25,27-52,59-72H,1,10-22H2,2-8H3/t24-,25-,27-,28-,29+,30+,31?,32?,33-,34-,35-,36-,37+,38+,39+,40-,41+,42+,43+,44+,45+,46+,47+,48+,49-,50-,51-,52-,55-,56+,57+,58-/m0/s1. The highest BCUT2D eigenvalue weighted by molar-refractivity contribution is 5.79. The molecule has 14 N–H and O–H groups in total. The molecule has 4 saturated carbocycles. The zero-order valence-electron chi connectivity index (χ0n) is 48.4. The van der Waals surface area contributed by atoms with Crippen LogP contribution >= 0.6 is 0 Å². The molecule has 0 bridgehead atoms. The van der Waals surface area contributed by atoms with Gasteiger partial charge in [-0.2, -0.15) is 0 Å². The van der Waals surface area contributed by atoms with E-state index in [0.29, 0.717) is 38.5 Å². The molecule has 5 aliphatic carbocycles. The van der Waals surface area contributed by atoms with Crippen molar-refractivity contribution in [1.82, 2.24) is 0 Å². The molecule has 32 atom stereocenters. The Labute approximate surface area is 483 Å². The van der Waals surface area contributed by atoms with Gasteiger partial charge in [0.25, 0.3) is 0 Å². The molecule has 0 aromatic heterocycles. The number of esters is 1. The van der Waals surface area contributed by atoms with Crippen LogP contribution in [0.25, 0.3) is 0 Å². The average Bonchev–Trinajstić information content (AvgIpc) is 0.778. The van der Waals surface area contributed by atoms with Crippen LogP contribution in [0.1, 0.15) is 113 Å². The fourth-order valence-corrected chi connectivity index (χ4v) is 17.1. The number of aliphatic hydroxyl groups excluding tert-OH is 14. The molecule has 25 heteroatoms. The minimum atomic E-state index is -1.89. The second-order valence-corrected chi connectivity index (χ2v) is 27.2. The van der Waals surface area contributed by atoms with Crippen LogP contribution in [0.3, 0.4) is 0 Å². The van der Waals surface area contributed by atoms with Gasteiger partial charge in [0, 0.05) is 5.92 Å². The van der Waals surface area contributed by atoms with E-state index in [-0.39, 0.29) is 46.7 Å². The van der Waals surface area contributed by atoms with E-state index in [2.05, 4.69) is 47.3 Å². The van der Waals surface area contributed by atoms with Crippen molar-refractivity contribution in [2.45, 2.75) is 266 Å². The van der Waals surface area contributed by atoms with E-state index < -0.39 is 177 Å². The summed E-state index contributed by atoms with van der Waals surface area (Å²) in [4.78, 5) is 15.1. The zero-order valence-corrected chi connectivity index (χ0v) is 48.4. The van der Waals surface area contributed by atoms with Crippen LogP contribution in [0.4, 0.5) is 0 Å². The van der Waals surface area contributed by atoms with E-state index >= 15 is 4.79 Å². The number of rotatable bonds is 12. The normalized spacial score (nSPS) is 54.5. The molecule has 0 spiro atoms. The Kier molecular flexibility index (Phi) is 18.3. The van der Waals surface area contributed by atoms with Crippen LogP contribution in [0, 0.1) is 44.8 Å². The molecule has 5 saturated heterocycles. The summed E-state index contributed by atoms with van der Waals surface area (Å²) in [6, 6.07) is 0. The number of allylic oxidation sites excluding steroid dienone is 3. The first-order valence-electron chi connectivity index (χ1n) is 29.8. The lowest BCUT2D eigenvalue weighted by Gasteiger charge is -2.71. The van der Waals surface area contributed by atoms with E-state index in [4.69, 9.17) is 47.4 Å². The number of carbonyl (C=O) groups is 1. The number of carbonyl (C=O) groups excluding carboxylic acids is 1. The van der Waals surface area contributed by atoms with Crippen molar-refractivity contribution in [3.05, 3.63) is 23.8 Å². The maximum Gasteiger partial charge on any atom is 0.315 e. The number of fused-ring (bicyclic) bond motifs is 7. The molecule has 10 aliphatic rings. The molecule has 0 amide bonds. The maximum atomic E-state index is 15.1. The molecule has 2 unspecified atom stereocenters. The van der Waals surface area contributed by atoms with Crippen LogP contribution in [0.15, 0.2) is 23.8 Å². The highest BCUT2D eigenvalue weighted by atomic mass is 16.8. The number of hydrogen-bond donors (Lipinski definition) is 14. The zero-order chi connectivity index (χ0) is 60.4. The summed E-state index contributed by atoms with van der Waals surface area (Å²) < 4.78 is 59.4. The van der Waals surface area contributed by atoms with Gasteiger partial charge in [0.05, 0.1) is 43.5 Å². The van der Waals surface area contributed by atoms with E-state index in [1.54, 1.807) is 0 Å². The second kappa shape index (κ2) is 23.8. The maximum absolute atomic E-state index is 15.1. The molecule has 9 fully saturated rings. The number of hydrogen-bond acceptors (Lipinski definition) is 25. The minimum absolute atomic E-state index is 0.161. The number of ether oxygens (including phenoxy) is 10. The van der Waals surface area contributed by atoms with Crippen LogP contribution in [0.2, 0.25) is 0 Å². The van der Waals surface area contributed by atoms with Crippen molar-refractivity contribution >= 4 is 5.97 Å². The average molecular weight is 1190 g/mol. The summed E-state index contributed by atoms with van der Waals surface area (Å²) in [5, 5.41) is 151. The Hall–Kier alpha value is -1.97. The Morgan fingerprint density at radius 2 is 1.19 bits per heavy atom. The van der Waals surface area contributed by atoms with Crippen LogP contribution in [-0.4, -0.2) is 251 Å². The van der Waals surface area contributed by atoms with Gasteiger partial charge >= 0.3 is 5.97 Å². The highest BCUT2D eigenvalue weighted by Gasteiger charge is 2.70. The Bertz CT molecular complexity index is 2340. The monoisotopic (exact) mass is 1190 g/mol. The topological polar surface area (TPSA) is 393 Å². The fourth-order valence-electron chi connectivity index (χ4n) is 17.1. The Morgan fingerprint density at radius 3 is 1.83 bits per heavy atom. The minimum Gasteiger partial charge on any atom is -0.432 e. The summed E-state index contributed by atoms with van der Waals surface area (Å²) >= 11 is 0. The second-order valence-electron chi connectivity index (χ2n) is 27.2. The third-order valence-electron chi connectivity index (χ3n) is 22.5. The summed E-state index contributed by atoms with van der Waals surface area (Å²) in [7, 11) is 0. The van der Waals surface area contributed by atoms with Crippen molar-refractivity contribution in [2.75, 3.05) is 19.8 Å². The van der Waals surface area contributed by atoms with E-state index in [9.17, 15) is 71.5 Å². The molecule has 25 nitrogen and oxygen atoms in total. The van der Waals surface area contributed by atoms with Crippen molar-refractivity contribution in [3.63, 3.8) is 0 Å². The first-order valence-corrected chi connectivity index (χ1v) is 29.8. The van der Waals surface area contributed by atoms with Crippen molar-refractivity contribution < 1.29 is 124 Å². The summed E-state index contributed by atoms with van der Waals surface area (Å²) in [6.07, 6.45) is -28.6. The molecule has 474 valence electrons. The molecule has 0 radical (unpaired) electrons. The first kappa shape index (κ1) is 64.0. The molecule has 10 rings (SSSR count). The van der Waals surface area contributed by atoms with Gasteiger partial charge in [-0.1, -0.05) is 58.4 Å². The van der Waals surface area contributed by atoms with Gasteiger partial charge in [0.1, 0.15) is 104 Å². The lowest BCUT2D eigenvalue weighted by Crippen LogP contribution is -2.66. The van der Waals surface area contributed by atoms with Gasteiger partial charge in [-0.15, -0.1) is 0 Å². The van der Waals surface area contributed by atoms with E-state index in [1.165, 1.54) is 19.4 Å². The van der Waals surface area contributed by atoms with Crippen molar-refractivity contribution in [2.24, 2.45) is 44.8 Å². The molecule has 0 aromatic carbocycles. The predicted octanol–water partition coefficient (Wildman–Crippen LogP) is -1.99. The molecular weight excluding hydrogens is 1100 g/mol. The molecule has 0 aromatic rings.